The normalized spacial score (nSPS) is 15.6. The summed E-state index contributed by atoms with van der Waals surface area (Å²) in [6.07, 6.45) is 2.11. The van der Waals surface area contributed by atoms with Crippen LogP contribution in [-0.4, -0.2) is 49.1 Å². The van der Waals surface area contributed by atoms with Crippen molar-refractivity contribution in [2.75, 3.05) is 38.2 Å². The zero-order chi connectivity index (χ0) is 24.4. The van der Waals surface area contributed by atoms with Gasteiger partial charge in [-0.25, -0.2) is 4.98 Å². The smallest absolute Gasteiger partial charge is 0.254 e. The van der Waals surface area contributed by atoms with Gasteiger partial charge in [-0.15, -0.1) is 0 Å². The zero-order valence-corrected chi connectivity index (χ0v) is 20.1. The summed E-state index contributed by atoms with van der Waals surface area (Å²) in [5, 5.41) is 10.1. The molecule has 1 saturated carbocycles. The second-order valence-electron chi connectivity index (χ2n) is 8.65. The summed E-state index contributed by atoms with van der Waals surface area (Å²) in [6.45, 7) is 2.52. The molecule has 9 heteroatoms. The number of methoxy groups -OCH3 is 1. The monoisotopic (exact) mass is 492 g/mol. The molecule has 8 nitrogen and oxygen atoms in total. The maximum Gasteiger partial charge on any atom is 0.254 e. The number of halogens is 1. The van der Waals surface area contributed by atoms with Crippen LogP contribution in [-0.2, 0) is 6.61 Å². The van der Waals surface area contributed by atoms with Gasteiger partial charge in [-0.3, -0.25) is 4.79 Å². The lowest BCUT2D eigenvalue weighted by molar-refractivity contribution is 0.0744. The van der Waals surface area contributed by atoms with E-state index in [1.807, 2.05) is 29.2 Å². The Morgan fingerprint density at radius 1 is 1.14 bits per heavy atom. The quantitative estimate of drug-likeness (QED) is 0.475. The Balaban J connectivity index is 1.22. The maximum atomic E-state index is 13.2. The average molecular weight is 493 g/mol. The number of carbonyl (C=O) groups is 1. The minimum atomic E-state index is -0.0797. The summed E-state index contributed by atoms with van der Waals surface area (Å²) in [5.41, 5.74) is 1.83. The van der Waals surface area contributed by atoms with Gasteiger partial charge < -0.3 is 23.7 Å². The van der Waals surface area contributed by atoms with Gasteiger partial charge in [-0.1, -0.05) is 23.7 Å². The van der Waals surface area contributed by atoms with Gasteiger partial charge in [0.1, 0.15) is 12.7 Å². The van der Waals surface area contributed by atoms with E-state index in [1.165, 1.54) is 0 Å². The number of ether oxygens (including phenoxy) is 2. The largest absolute Gasteiger partial charge is 0.493 e. The number of hydrogen-bond donors (Lipinski definition) is 0. The minimum absolute atomic E-state index is 0.0797. The Labute approximate surface area is 208 Å². The lowest BCUT2D eigenvalue weighted by atomic mass is 10.1. The molecule has 0 radical (unpaired) electrons. The Morgan fingerprint density at radius 3 is 2.54 bits per heavy atom. The molecule has 0 N–H and O–H groups in total. The molecule has 2 heterocycles. The number of oxazole rings is 1. The fourth-order valence-corrected chi connectivity index (χ4v) is 4.20. The molecule has 0 unspecified atom stereocenters. The van der Waals surface area contributed by atoms with Crippen LogP contribution < -0.4 is 14.4 Å². The molecule has 2 aromatic carbocycles. The molecule has 1 aliphatic heterocycles. The van der Waals surface area contributed by atoms with Crippen molar-refractivity contribution in [3.63, 3.8) is 0 Å². The molecular weight excluding hydrogens is 468 g/mol. The molecule has 2 aliphatic rings. The summed E-state index contributed by atoms with van der Waals surface area (Å²) in [7, 11) is 1.55. The first-order chi connectivity index (χ1) is 17.1. The molecule has 2 fully saturated rings. The van der Waals surface area contributed by atoms with E-state index in [0.717, 1.165) is 18.4 Å². The van der Waals surface area contributed by atoms with Crippen molar-refractivity contribution in [3.8, 4) is 17.6 Å². The molecule has 0 spiro atoms. The van der Waals surface area contributed by atoms with E-state index in [1.54, 1.807) is 30.2 Å². The number of nitriles is 1. The lowest BCUT2D eigenvalue weighted by Crippen LogP contribution is -2.48. The van der Waals surface area contributed by atoms with Crippen LogP contribution in [0.25, 0.3) is 0 Å². The standard InChI is InChI=1S/C26H25ClN4O4/c1-33-23-14-19(6-9-22(23)34-16-17-2-7-20(27)8-3-17)25(32)30-10-12-31(13-11-30)26-21(15-28)29-24(35-26)18-4-5-18/h2-3,6-9,14,18H,4-5,10-13,16H2,1H3. The zero-order valence-electron chi connectivity index (χ0n) is 19.4. The van der Waals surface area contributed by atoms with Crippen molar-refractivity contribution in [1.82, 2.24) is 9.88 Å². The van der Waals surface area contributed by atoms with E-state index in [9.17, 15) is 10.1 Å². The second kappa shape index (κ2) is 9.88. The molecule has 1 saturated heterocycles. The molecule has 0 atom stereocenters. The van der Waals surface area contributed by atoms with E-state index in [4.69, 9.17) is 25.5 Å². The number of aromatic nitrogens is 1. The van der Waals surface area contributed by atoms with Gasteiger partial charge in [0.05, 0.1) is 7.11 Å². The fraction of sp³-hybridized carbons (Fsp3) is 0.346. The highest BCUT2D eigenvalue weighted by atomic mass is 35.5. The molecule has 1 aromatic heterocycles. The SMILES string of the molecule is COc1cc(C(=O)N2CCN(c3oc(C4CC4)nc3C#N)CC2)ccc1OCc1ccc(Cl)cc1. The van der Waals surface area contributed by atoms with E-state index in [0.29, 0.717) is 78.3 Å². The number of anilines is 1. The molecular formula is C26H25ClN4O4. The van der Waals surface area contributed by atoms with Crippen LogP contribution in [0.1, 0.15) is 46.3 Å². The predicted octanol–water partition coefficient (Wildman–Crippen LogP) is 4.63. The van der Waals surface area contributed by atoms with Crippen LogP contribution in [0.5, 0.6) is 11.5 Å². The number of nitrogens with zero attached hydrogens (tertiary/aromatic N) is 4. The number of rotatable bonds is 7. The van der Waals surface area contributed by atoms with Crippen LogP contribution in [0.3, 0.4) is 0 Å². The van der Waals surface area contributed by atoms with Crippen molar-refractivity contribution in [1.29, 1.82) is 5.26 Å². The highest BCUT2D eigenvalue weighted by molar-refractivity contribution is 6.30. The molecule has 35 heavy (non-hydrogen) atoms. The number of carbonyl (C=O) groups excluding carboxylic acids is 1. The number of piperazine rings is 1. The van der Waals surface area contributed by atoms with E-state index >= 15 is 0 Å². The van der Waals surface area contributed by atoms with Gasteiger partial charge in [0.25, 0.3) is 5.91 Å². The van der Waals surface area contributed by atoms with E-state index in [-0.39, 0.29) is 5.91 Å². The Hall–Kier alpha value is -3.70. The molecule has 1 amide bonds. The van der Waals surface area contributed by atoms with Crippen molar-refractivity contribution >= 4 is 23.4 Å². The Bertz CT molecular complexity index is 1260. The van der Waals surface area contributed by atoms with Crippen LogP contribution in [0, 0.1) is 11.3 Å². The molecule has 3 aromatic rings. The van der Waals surface area contributed by atoms with Gasteiger partial charge in [0, 0.05) is 42.7 Å². The van der Waals surface area contributed by atoms with E-state index < -0.39 is 0 Å². The Kier molecular flexibility index (Phi) is 6.51. The highest BCUT2D eigenvalue weighted by Gasteiger charge is 2.33. The molecule has 5 rings (SSSR count). The Morgan fingerprint density at radius 2 is 1.89 bits per heavy atom. The predicted molar refractivity (Wildman–Crippen MR) is 130 cm³/mol. The van der Waals surface area contributed by atoms with Gasteiger partial charge in [0.15, 0.2) is 11.5 Å². The summed E-state index contributed by atoms with van der Waals surface area (Å²) in [4.78, 5) is 21.3. The van der Waals surface area contributed by atoms with Crippen molar-refractivity contribution < 1.29 is 18.7 Å². The fourth-order valence-electron chi connectivity index (χ4n) is 4.08. The third-order valence-corrected chi connectivity index (χ3v) is 6.48. The molecule has 0 bridgehead atoms. The highest BCUT2D eigenvalue weighted by Crippen LogP contribution is 2.41. The topological polar surface area (TPSA) is 91.8 Å². The molecule has 180 valence electrons. The van der Waals surface area contributed by atoms with Crippen LogP contribution in [0.4, 0.5) is 5.88 Å². The molecule has 1 aliphatic carbocycles. The first kappa shape index (κ1) is 23.1. The van der Waals surface area contributed by atoms with Crippen LogP contribution in [0.2, 0.25) is 5.02 Å². The van der Waals surface area contributed by atoms with Crippen LogP contribution in [0.15, 0.2) is 46.9 Å². The van der Waals surface area contributed by atoms with Gasteiger partial charge >= 0.3 is 0 Å². The summed E-state index contributed by atoms with van der Waals surface area (Å²) in [5.74, 6) is 2.49. The van der Waals surface area contributed by atoms with Gasteiger partial charge in [-0.05, 0) is 48.7 Å². The third kappa shape index (κ3) is 5.05. The second-order valence-corrected chi connectivity index (χ2v) is 9.09. The van der Waals surface area contributed by atoms with Gasteiger partial charge in [0.2, 0.25) is 17.5 Å². The summed E-state index contributed by atoms with van der Waals surface area (Å²) < 4.78 is 17.3. The minimum Gasteiger partial charge on any atom is -0.493 e. The van der Waals surface area contributed by atoms with Crippen molar-refractivity contribution in [3.05, 3.63) is 70.2 Å². The average Bonchev–Trinajstić information content (AvgIpc) is 3.66. The maximum absolute atomic E-state index is 13.2. The van der Waals surface area contributed by atoms with E-state index in [2.05, 4.69) is 11.1 Å². The number of benzene rings is 2. The van der Waals surface area contributed by atoms with Gasteiger partial charge in [-0.2, -0.15) is 5.26 Å². The summed E-state index contributed by atoms with van der Waals surface area (Å²) in [6, 6.07) is 14.8. The van der Waals surface area contributed by atoms with Crippen molar-refractivity contribution in [2.45, 2.75) is 25.4 Å². The summed E-state index contributed by atoms with van der Waals surface area (Å²) >= 11 is 5.94. The third-order valence-electron chi connectivity index (χ3n) is 6.23. The van der Waals surface area contributed by atoms with Crippen molar-refractivity contribution in [2.24, 2.45) is 0 Å². The van der Waals surface area contributed by atoms with Crippen LogP contribution >= 0.6 is 11.6 Å². The lowest BCUT2D eigenvalue weighted by Gasteiger charge is -2.34. The first-order valence-corrected chi connectivity index (χ1v) is 11.9. The number of amides is 1. The first-order valence-electron chi connectivity index (χ1n) is 11.6. The number of hydrogen-bond acceptors (Lipinski definition) is 7.